The largest absolute Gasteiger partial charge is 0.468 e. The highest BCUT2D eigenvalue weighted by Crippen LogP contribution is 2.20. The fourth-order valence-corrected chi connectivity index (χ4v) is 4.41. The molecule has 2 aromatic rings. The van der Waals surface area contributed by atoms with Gasteiger partial charge in [0.2, 0.25) is 0 Å². The van der Waals surface area contributed by atoms with Crippen LogP contribution in [0.1, 0.15) is 17.2 Å². The number of hydrogen-bond acceptors (Lipinski definition) is 4. The number of methoxy groups -OCH3 is 1. The van der Waals surface area contributed by atoms with Crippen LogP contribution in [0.4, 0.5) is 0 Å². The minimum absolute atomic E-state index is 0.0565. The molecule has 1 aliphatic heterocycles. The van der Waals surface area contributed by atoms with Gasteiger partial charge in [0.15, 0.2) is 6.54 Å². The summed E-state index contributed by atoms with van der Waals surface area (Å²) in [6, 6.07) is 20.5. The van der Waals surface area contributed by atoms with E-state index in [1.54, 1.807) is 16.7 Å². The van der Waals surface area contributed by atoms with Crippen LogP contribution in [0.15, 0.2) is 60.7 Å². The van der Waals surface area contributed by atoms with E-state index >= 15 is 0 Å². The summed E-state index contributed by atoms with van der Waals surface area (Å²) in [5.41, 5.74) is 2.33. The van der Waals surface area contributed by atoms with Crippen molar-refractivity contribution < 1.29 is 19.6 Å². The van der Waals surface area contributed by atoms with Crippen LogP contribution in [0.3, 0.4) is 0 Å². The summed E-state index contributed by atoms with van der Waals surface area (Å²) in [6.45, 7) is 1.44. The summed E-state index contributed by atoms with van der Waals surface area (Å²) < 4.78 is 4.83. The second-order valence-electron chi connectivity index (χ2n) is 6.46. The normalized spacial score (nSPS) is 17.0. The molecule has 1 atom stereocenters. The maximum absolute atomic E-state index is 12.8. The Hall–Kier alpha value is -2.31. The lowest BCUT2D eigenvalue weighted by Gasteiger charge is -2.30. The highest BCUT2D eigenvalue weighted by atomic mass is 32.2. The Balaban J connectivity index is 1.66. The first-order valence-corrected chi connectivity index (χ1v) is 10.1. The fourth-order valence-electron chi connectivity index (χ4n) is 3.28. The van der Waals surface area contributed by atoms with Gasteiger partial charge in [0.05, 0.1) is 7.11 Å². The highest BCUT2D eigenvalue weighted by molar-refractivity contribution is 8.00. The van der Waals surface area contributed by atoms with Crippen LogP contribution in [0.25, 0.3) is 0 Å². The van der Waals surface area contributed by atoms with Gasteiger partial charge in [0.25, 0.3) is 5.91 Å². The number of benzene rings is 2. The predicted molar refractivity (Wildman–Crippen MR) is 106 cm³/mol. The predicted octanol–water partition coefficient (Wildman–Crippen LogP) is 1.46. The van der Waals surface area contributed by atoms with Crippen molar-refractivity contribution in [3.63, 3.8) is 0 Å². The van der Waals surface area contributed by atoms with Gasteiger partial charge in [-0.15, -0.1) is 11.8 Å². The number of nitrogens with zero attached hydrogens (tertiary/aromatic N) is 1. The Morgan fingerprint density at radius 1 is 1.11 bits per heavy atom. The molecule has 1 aliphatic rings. The van der Waals surface area contributed by atoms with Crippen molar-refractivity contribution in [3.8, 4) is 0 Å². The minimum atomic E-state index is -0.285. The van der Waals surface area contributed by atoms with Gasteiger partial charge in [-0.3, -0.25) is 9.59 Å². The molecule has 0 spiro atoms. The van der Waals surface area contributed by atoms with E-state index in [9.17, 15) is 9.59 Å². The summed E-state index contributed by atoms with van der Waals surface area (Å²) in [7, 11) is 1.39. The van der Waals surface area contributed by atoms with Crippen molar-refractivity contribution in [2.24, 2.45) is 0 Å². The Kier molecular flexibility index (Phi) is 6.90. The topological polar surface area (TPSA) is 63.2 Å². The van der Waals surface area contributed by atoms with Crippen LogP contribution in [-0.4, -0.2) is 54.5 Å². The minimum Gasteiger partial charge on any atom is -0.468 e. The quantitative estimate of drug-likeness (QED) is 0.765. The second-order valence-corrected chi connectivity index (χ2v) is 7.77. The van der Waals surface area contributed by atoms with Crippen molar-refractivity contribution in [3.05, 3.63) is 71.8 Å². The molecule has 3 rings (SSSR count). The zero-order valence-corrected chi connectivity index (χ0v) is 16.2. The van der Waals surface area contributed by atoms with Crippen molar-refractivity contribution >= 4 is 23.6 Å². The van der Waals surface area contributed by atoms with E-state index in [1.165, 1.54) is 7.11 Å². The van der Waals surface area contributed by atoms with Crippen LogP contribution >= 0.6 is 11.8 Å². The molecular formula is C21H25N2O3S+. The molecule has 2 N–H and O–H groups in total. The lowest BCUT2D eigenvalue weighted by Crippen LogP contribution is -2.88. The van der Waals surface area contributed by atoms with Crippen LogP contribution in [-0.2, 0) is 14.3 Å². The first-order valence-electron chi connectivity index (χ1n) is 9.09. The molecule has 0 bridgehead atoms. The Morgan fingerprint density at radius 2 is 1.70 bits per heavy atom. The average molecular weight is 386 g/mol. The number of quaternary nitrogens is 1. The third-order valence-electron chi connectivity index (χ3n) is 4.73. The van der Waals surface area contributed by atoms with Gasteiger partial charge in [0.1, 0.15) is 11.3 Å². The summed E-state index contributed by atoms with van der Waals surface area (Å²) in [4.78, 5) is 26.3. The zero-order valence-electron chi connectivity index (χ0n) is 15.4. The van der Waals surface area contributed by atoms with E-state index < -0.39 is 0 Å². The molecule has 0 radical (unpaired) electrons. The van der Waals surface area contributed by atoms with Crippen molar-refractivity contribution in [1.29, 1.82) is 0 Å². The Morgan fingerprint density at radius 3 is 2.26 bits per heavy atom. The molecule has 1 amide bonds. The van der Waals surface area contributed by atoms with E-state index in [0.717, 1.165) is 16.9 Å². The van der Waals surface area contributed by atoms with Gasteiger partial charge in [-0.1, -0.05) is 60.7 Å². The summed E-state index contributed by atoms with van der Waals surface area (Å²) >= 11 is 1.56. The smallest absolute Gasteiger partial charge is 0.320 e. The van der Waals surface area contributed by atoms with Gasteiger partial charge in [-0.05, 0) is 0 Å². The number of hydrogen-bond donors (Lipinski definition) is 1. The molecule has 2 aromatic carbocycles. The average Bonchev–Trinajstić information content (AvgIpc) is 2.74. The molecule has 1 fully saturated rings. The molecule has 27 heavy (non-hydrogen) atoms. The lowest BCUT2D eigenvalue weighted by molar-refractivity contribution is -0.677. The molecule has 0 aromatic heterocycles. The molecule has 5 nitrogen and oxygen atoms in total. The molecule has 1 heterocycles. The van der Waals surface area contributed by atoms with Gasteiger partial charge in [-0.2, -0.15) is 0 Å². The van der Waals surface area contributed by atoms with Crippen LogP contribution in [0.2, 0.25) is 0 Å². The third kappa shape index (κ3) is 5.11. The third-order valence-corrected chi connectivity index (χ3v) is 5.89. The van der Waals surface area contributed by atoms with E-state index in [-0.39, 0.29) is 23.2 Å². The summed E-state index contributed by atoms with van der Waals surface area (Å²) in [5.74, 6) is 0.556. The SMILES string of the molecule is COC(=O)[C@H]1CN(C(=O)C[NH2+]C(c2ccccc2)c2ccccc2)CCS1. The Labute approximate surface area is 164 Å². The van der Waals surface area contributed by atoms with E-state index in [2.05, 4.69) is 29.6 Å². The summed E-state index contributed by atoms with van der Waals surface area (Å²) in [6.07, 6.45) is 0. The number of esters is 1. The molecular weight excluding hydrogens is 360 g/mol. The number of carbonyl (C=O) groups is 2. The number of amides is 1. The second kappa shape index (κ2) is 9.58. The van der Waals surface area contributed by atoms with Crippen LogP contribution < -0.4 is 5.32 Å². The van der Waals surface area contributed by atoms with E-state index in [1.807, 2.05) is 36.4 Å². The molecule has 142 valence electrons. The van der Waals surface area contributed by atoms with Crippen molar-refractivity contribution in [2.45, 2.75) is 11.3 Å². The number of nitrogens with two attached hydrogens (primary N) is 1. The molecule has 1 saturated heterocycles. The lowest BCUT2D eigenvalue weighted by atomic mass is 9.99. The van der Waals surface area contributed by atoms with Gasteiger partial charge < -0.3 is 15.0 Å². The van der Waals surface area contributed by atoms with Crippen molar-refractivity contribution in [1.82, 2.24) is 4.90 Å². The molecule has 0 unspecified atom stereocenters. The van der Waals surface area contributed by atoms with E-state index in [0.29, 0.717) is 19.6 Å². The van der Waals surface area contributed by atoms with Crippen molar-refractivity contribution in [2.75, 3.05) is 32.5 Å². The van der Waals surface area contributed by atoms with Gasteiger partial charge >= 0.3 is 5.97 Å². The monoisotopic (exact) mass is 385 g/mol. The van der Waals surface area contributed by atoms with E-state index in [4.69, 9.17) is 4.74 Å². The first kappa shape index (κ1) is 19.5. The zero-order chi connectivity index (χ0) is 19.1. The molecule has 6 heteroatoms. The number of carbonyl (C=O) groups excluding carboxylic acids is 2. The fraction of sp³-hybridized carbons (Fsp3) is 0.333. The summed E-state index contributed by atoms with van der Waals surface area (Å²) in [5, 5.41) is 1.79. The standard InChI is InChI=1S/C21H24N2O3S/c1-26-21(25)18-15-23(12-13-27-18)19(24)14-22-20(16-8-4-2-5-9-16)17-10-6-3-7-11-17/h2-11,18,20,22H,12-15H2,1H3/p+1/t18-/m1/s1. The molecule has 0 aliphatic carbocycles. The van der Waals surface area contributed by atoms with Gasteiger partial charge in [-0.25, -0.2) is 0 Å². The Bertz CT molecular complexity index is 715. The van der Waals surface area contributed by atoms with Crippen LogP contribution in [0, 0.1) is 0 Å². The van der Waals surface area contributed by atoms with Gasteiger partial charge in [0, 0.05) is 30.0 Å². The highest BCUT2D eigenvalue weighted by Gasteiger charge is 2.30. The molecule has 0 saturated carbocycles. The first-order chi connectivity index (χ1) is 13.2. The number of thioether (sulfide) groups is 1. The number of ether oxygens (including phenoxy) is 1. The van der Waals surface area contributed by atoms with Crippen LogP contribution in [0.5, 0.6) is 0 Å². The number of rotatable bonds is 6. The maximum atomic E-state index is 12.8. The maximum Gasteiger partial charge on any atom is 0.320 e.